The van der Waals surface area contributed by atoms with Gasteiger partial charge < -0.3 is 14.4 Å². The van der Waals surface area contributed by atoms with Gasteiger partial charge >= 0.3 is 0 Å². The molecule has 0 radical (unpaired) electrons. The number of carbonyl (C=O) groups excluding carboxylic acids is 1. The second kappa shape index (κ2) is 11.0. The minimum atomic E-state index is 0.0429. The number of amides is 1. The zero-order chi connectivity index (χ0) is 23.0. The Morgan fingerprint density at radius 3 is 2.82 bits per heavy atom. The van der Waals surface area contributed by atoms with Crippen molar-refractivity contribution in [2.75, 3.05) is 26.8 Å². The number of nitrogens with zero attached hydrogens (tertiary/aromatic N) is 2. The largest absolute Gasteiger partial charge is 0.497 e. The zero-order valence-corrected chi connectivity index (χ0v) is 19.3. The van der Waals surface area contributed by atoms with Gasteiger partial charge in [-0.25, -0.2) is 0 Å². The SMILES string of the molecule is C=C[C@H]1CN(C(=O)COc2ccccc2)CC[C@H]1CCCc1ccnc2ccc(OC)cc12. The summed E-state index contributed by atoms with van der Waals surface area (Å²) in [6.07, 6.45) is 8.12. The lowest BCUT2D eigenvalue weighted by atomic mass is 9.81. The second-order valence-electron chi connectivity index (χ2n) is 8.64. The number of likely N-dealkylation sites (tertiary alicyclic amines) is 1. The summed E-state index contributed by atoms with van der Waals surface area (Å²) in [6.45, 7) is 5.64. The van der Waals surface area contributed by atoms with Gasteiger partial charge in [0.25, 0.3) is 5.91 Å². The first kappa shape index (κ1) is 22.8. The van der Waals surface area contributed by atoms with E-state index < -0.39 is 0 Å². The third-order valence-corrected chi connectivity index (χ3v) is 6.63. The third-order valence-electron chi connectivity index (χ3n) is 6.63. The number of methoxy groups -OCH3 is 1. The van der Waals surface area contributed by atoms with Crippen LogP contribution in [0, 0.1) is 11.8 Å². The lowest BCUT2D eigenvalue weighted by Crippen LogP contribution is -2.45. The highest BCUT2D eigenvalue weighted by Crippen LogP contribution is 2.30. The highest BCUT2D eigenvalue weighted by molar-refractivity contribution is 5.83. The van der Waals surface area contributed by atoms with E-state index in [9.17, 15) is 4.79 Å². The number of fused-ring (bicyclic) bond motifs is 1. The molecule has 0 bridgehead atoms. The summed E-state index contributed by atoms with van der Waals surface area (Å²) in [6, 6.07) is 17.6. The van der Waals surface area contributed by atoms with Gasteiger partial charge in [0.2, 0.25) is 0 Å². The van der Waals surface area contributed by atoms with Crippen LogP contribution in [0.25, 0.3) is 10.9 Å². The maximum Gasteiger partial charge on any atom is 0.260 e. The van der Waals surface area contributed by atoms with E-state index in [2.05, 4.69) is 23.7 Å². The fourth-order valence-electron chi connectivity index (χ4n) is 4.72. The molecule has 0 unspecified atom stereocenters. The number of piperidine rings is 1. The maximum absolute atomic E-state index is 12.7. The van der Waals surface area contributed by atoms with Crippen molar-refractivity contribution in [3.05, 3.63) is 79.0 Å². The number of rotatable bonds is 9. The Morgan fingerprint density at radius 1 is 1.18 bits per heavy atom. The van der Waals surface area contributed by atoms with Gasteiger partial charge in [0.05, 0.1) is 12.6 Å². The van der Waals surface area contributed by atoms with E-state index in [4.69, 9.17) is 9.47 Å². The number of hydrogen-bond donors (Lipinski definition) is 0. The summed E-state index contributed by atoms with van der Waals surface area (Å²) in [5, 5.41) is 1.16. The predicted molar refractivity (Wildman–Crippen MR) is 132 cm³/mol. The average Bonchev–Trinajstić information content (AvgIpc) is 2.87. The van der Waals surface area contributed by atoms with Gasteiger partial charge in [0, 0.05) is 24.7 Å². The van der Waals surface area contributed by atoms with Crippen molar-refractivity contribution < 1.29 is 14.3 Å². The van der Waals surface area contributed by atoms with Gasteiger partial charge in [-0.15, -0.1) is 6.58 Å². The molecule has 2 atom stereocenters. The molecule has 1 amide bonds. The van der Waals surface area contributed by atoms with Crippen LogP contribution < -0.4 is 9.47 Å². The number of pyridine rings is 1. The molecule has 1 aromatic heterocycles. The lowest BCUT2D eigenvalue weighted by molar-refractivity contribution is -0.135. The second-order valence-corrected chi connectivity index (χ2v) is 8.64. The summed E-state index contributed by atoms with van der Waals surface area (Å²) >= 11 is 0. The molecule has 1 fully saturated rings. The van der Waals surface area contributed by atoms with Gasteiger partial charge in [0.1, 0.15) is 11.5 Å². The van der Waals surface area contributed by atoms with E-state index in [1.807, 2.05) is 59.6 Å². The first-order chi connectivity index (χ1) is 16.2. The van der Waals surface area contributed by atoms with Crippen molar-refractivity contribution in [2.24, 2.45) is 11.8 Å². The van der Waals surface area contributed by atoms with E-state index in [1.54, 1.807) is 7.11 Å². The molecule has 0 N–H and O–H groups in total. The van der Waals surface area contributed by atoms with Crippen molar-refractivity contribution >= 4 is 16.8 Å². The minimum Gasteiger partial charge on any atom is -0.497 e. The summed E-state index contributed by atoms with van der Waals surface area (Å²) in [4.78, 5) is 19.1. The summed E-state index contributed by atoms with van der Waals surface area (Å²) in [7, 11) is 1.69. The van der Waals surface area contributed by atoms with Crippen molar-refractivity contribution in [2.45, 2.75) is 25.7 Å². The topological polar surface area (TPSA) is 51.7 Å². The van der Waals surface area contributed by atoms with Gasteiger partial charge in [-0.1, -0.05) is 24.3 Å². The molecule has 0 aliphatic carbocycles. The quantitative estimate of drug-likeness (QED) is 0.421. The van der Waals surface area contributed by atoms with E-state index in [1.165, 1.54) is 5.56 Å². The van der Waals surface area contributed by atoms with Gasteiger partial charge in [-0.2, -0.15) is 0 Å². The Bertz CT molecular complexity index is 1080. The number of aromatic nitrogens is 1. The molecule has 0 spiro atoms. The van der Waals surface area contributed by atoms with Crippen LogP contribution in [0.15, 0.2) is 73.4 Å². The van der Waals surface area contributed by atoms with Gasteiger partial charge in [-0.05, 0) is 79.5 Å². The van der Waals surface area contributed by atoms with Crippen LogP contribution in [0.4, 0.5) is 0 Å². The van der Waals surface area contributed by atoms with Crippen LogP contribution in [0.2, 0.25) is 0 Å². The normalized spacial score (nSPS) is 18.2. The molecular formula is C28H32N2O3. The first-order valence-corrected chi connectivity index (χ1v) is 11.7. The zero-order valence-electron chi connectivity index (χ0n) is 19.3. The van der Waals surface area contributed by atoms with Crippen molar-refractivity contribution in [3.63, 3.8) is 0 Å². The smallest absolute Gasteiger partial charge is 0.260 e. The molecule has 2 aromatic carbocycles. The minimum absolute atomic E-state index is 0.0429. The Kier molecular flexibility index (Phi) is 7.61. The number of aryl methyl sites for hydroxylation is 1. The highest BCUT2D eigenvalue weighted by Gasteiger charge is 2.29. The molecule has 0 saturated carbocycles. The predicted octanol–water partition coefficient (Wildman–Crippen LogP) is 5.30. The molecule has 5 nitrogen and oxygen atoms in total. The van der Waals surface area contributed by atoms with E-state index in [0.717, 1.165) is 61.2 Å². The van der Waals surface area contributed by atoms with Crippen molar-refractivity contribution in [1.29, 1.82) is 0 Å². The molecule has 2 heterocycles. The number of ether oxygens (including phenoxy) is 2. The molecule has 3 aromatic rings. The Balaban J connectivity index is 1.30. The number of hydrogen-bond acceptors (Lipinski definition) is 4. The average molecular weight is 445 g/mol. The van der Waals surface area contributed by atoms with Gasteiger partial charge in [0.15, 0.2) is 6.61 Å². The van der Waals surface area contributed by atoms with Crippen molar-refractivity contribution in [1.82, 2.24) is 9.88 Å². The number of carbonyl (C=O) groups is 1. The fourth-order valence-corrected chi connectivity index (χ4v) is 4.72. The van der Waals surface area contributed by atoms with Crippen LogP contribution in [0.1, 0.15) is 24.8 Å². The molecule has 1 aliphatic heterocycles. The first-order valence-electron chi connectivity index (χ1n) is 11.7. The third kappa shape index (κ3) is 5.72. The van der Waals surface area contributed by atoms with Crippen LogP contribution in [0.3, 0.4) is 0 Å². The number of para-hydroxylation sites is 1. The van der Waals surface area contributed by atoms with E-state index >= 15 is 0 Å². The summed E-state index contributed by atoms with van der Waals surface area (Å²) in [5.41, 5.74) is 2.31. The lowest BCUT2D eigenvalue weighted by Gasteiger charge is -2.37. The Labute approximate surface area is 196 Å². The number of benzene rings is 2. The maximum atomic E-state index is 12.7. The molecule has 1 aliphatic rings. The van der Waals surface area contributed by atoms with Gasteiger partial charge in [-0.3, -0.25) is 9.78 Å². The van der Waals surface area contributed by atoms with Crippen LogP contribution in [-0.2, 0) is 11.2 Å². The van der Waals surface area contributed by atoms with Crippen LogP contribution in [-0.4, -0.2) is 42.6 Å². The van der Waals surface area contributed by atoms with E-state index in [0.29, 0.717) is 11.8 Å². The Hall–Kier alpha value is -3.34. The molecule has 172 valence electrons. The molecule has 1 saturated heterocycles. The van der Waals surface area contributed by atoms with Crippen LogP contribution >= 0.6 is 0 Å². The van der Waals surface area contributed by atoms with E-state index in [-0.39, 0.29) is 12.5 Å². The monoisotopic (exact) mass is 444 g/mol. The fraction of sp³-hybridized carbons (Fsp3) is 0.357. The molecule has 5 heteroatoms. The van der Waals surface area contributed by atoms with Crippen LogP contribution in [0.5, 0.6) is 11.5 Å². The summed E-state index contributed by atoms with van der Waals surface area (Å²) < 4.78 is 11.0. The molecule has 4 rings (SSSR count). The molecule has 33 heavy (non-hydrogen) atoms. The Morgan fingerprint density at radius 2 is 2.03 bits per heavy atom. The summed E-state index contributed by atoms with van der Waals surface area (Å²) in [5.74, 6) is 2.48. The molecular weight excluding hydrogens is 412 g/mol. The standard InChI is InChI=1S/C28H32N2O3/c1-3-21-19-30(28(31)20-33-24-10-5-4-6-11-24)17-15-22(21)8-7-9-23-14-16-29-27-13-12-25(32-2)18-26(23)27/h3-6,10-14,16,18,21-22H,1,7-9,15,17,19-20H2,2H3/t21-,22+/m0/s1. The van der Waals surface area contributed by atoms with Crippen molar-refractivity contribution in [3.8, 4) is 11.5 Å². The highest BCUT2D eigenvalue weighted by atomic mass is 16.5.